The summed E-state index contributed by atoms with van der Waals surface area (Å²) in [6.07, 6.45) is 1.26. The molecule has 1 fully saturated rings. The lowest BCUT2D eigenvalue weighted by atomic mass is 10.2. The highest BCUT2D eigenvalue weighted by Gasteiger charge is 2.31. The Morgan fingerprint density at radius 3 is 2.56 bits per heavy atom. The largest absolute Gasteiger partial charge is 0.379 e. The Bertz CT molecular complexity index is 1690. The number of amides is 1. The van der Waals surface area contributed by atoms with Crippen LogP contribution in [0.1, 0.15) is 22.3 Å². The van der Waals surface area contributed by atoms with Crippen LogP contribution in [0.2, 0.25) is 0 Å². The normalized spacial score (nSPS) is 15.8. The minimum Gasteiger partial charge on any atom is -0.379 e. The summed E-state index contributed by atoms with van der Waals surface area (Å²) in [4.78, 5) is 21.9. The molecule has 0 saturated carbocycles. The first-order valence-corrected chi connectivity index (χ1v) is 15.7. The minimum atomic E-state index is -3.81. The van der Waals surface area contributed by atoms with E-state index in [4.69, 9.17) is 4.74 Å². The van der Waals surface area contributed by atoms with Gasteiger partial charge in [-0.25, -0.2) is 22.2 Å². The molecule has 3 aromatic carbocycles. The molecule has 1 saturated heterocycles. The predicted molar refractivity (Wildman–Crippen MR) is 154 cm³/mol. The van der Waals surface area contributed by atoms with Gasteiger partial charge in [-0.2, -0.15) is 0 Å². The lowest BCUT2D eigenvalue weighted by Gasteiger charge is -2.27. The van der Waals surface area contributed by atoms with Crippen LogP contribution in [0.3, 0.4) is 0 Å². The Kier molecular flexibility index (Phi) is 7.73. The summed E-state index contributed by atoms with van der Waals surface area (Å²) in [7, 11) is -3.81. The van der Waals surface area contributed by atoms with Gasteiger partial charge >= 0.3 is 0 Å². The van der Waals surface area contributed by atoms with Crippen molar-refractivity contribution in [3.63, 3.8) is 0 Å². The smallest absolute Gasteiger partial charge is 0.264 e. The zero-order valence-electron chi connectivity index (χ0n) is 22.1. The van der Waals surface area contributed by atoms with E-state index in [-0.39, 0.29) is 21.1 Å². The number of thiazole rings is 1. The Morgan fingerprint density at radius 1 is 1.02 bits per heavy atom. The van der Waals surface area contributed by atoms with Gasteiger partial charge in [-0.1, -0.05) is 29.5 Å². The third-order valence-electron chi connectivity index (χ3n) is 7.37. The van der Waals surface area contributed by atoms with Crippen LogP contribution >= 0.6 is 11.3 Å². The number of rotatable bonds is 8. The van der Waals surface area contributed by atoms with E-state index in [9.17, 15) is 22.0 Å². The van der Waals surface area contributed by atoms with Crippen LogP contribution in [0.5, 0.6) is 0 Å². The molecule has 3 heterocycles. The highest BCUT2D eigenvalue weighted by Crippen LogP contribution is 2.34. The molecule has 214 valence electrons. The van der Waals surface area contributed by atoms with Gasteiger partial charge in [0.15, 0.2) is 10.9 Å². The number of ether oxygens (including phenoxy) is 1. The van der Waals surface area contributed by atoms with Crippen molar-refractivity contribution >= 4 is 48.3 Å². The van der Waals surface area contributed by atoms with E-state index < -0.39 is 27.6 Å². The number of anilines is 2. The SMILES string of the molecule is O=C(c1ccc(S(=O)(=O)N2CCc3ccccc32)cc1)N(CCCN1CCOCC1)c1nc2c(F)cc(F)cc2s1. The number of carbonyl (C=O) groups excluding carboxylic acids is 1. The minimum absolute atomic E-state index is 0.00437. The number of halogens is 2. The molecule has 2 aliphatic heterocycles. The Morgan fingerprint density at radius 2 is 1.78 bits per heavy atom. The second-order valence-corrected chi connectivity index (χ2v) is 12.8. The van der Waals surface area contributed by atoms with Crippen molar-refractivity contribution in [2.75, 3.05) is 55.1 Å². The zero-order valence-corrected chi connectivity index (χ0v) is 23.8. The second kappa shape index (κ2) is 11.4. The molecule has 0 bridgehead atoms. The van der Waals surface area contributed by atoms with E-state index in [0.717, 1.165) is 42.6 Å². The molecule has 0 unspecified atom stereocenters. The number of carbonyl (C=O) groups is 1. The van der Waals surface area contributed by atoms with Gasteiger partial charge in [0.1, 0.15) is 11.3 Å². The van der Waals surface area contributed by atoms with Crippen molar-refractivity contribution in [2.45, 2.75) is 17.7 Å². The molecule has 0 aliphatic carbocycles. The number of nitrogens with zero attached hydrogens (tertiary/aromatic N) is 4. The first-order chi connectivity index (χ1) is 19.8. The maximum absolute atomic E-state index is 14.4. The summed E-state index contributed by atoms with van der Waals surface area (Å²) in [5.41, 5.74) is 1.91. The van der Waals surface area contributed by atoms with Gasteiger partial charge in [-0.15, -0.1) is 0 Å². The molecule has 4 aromatic rings. The van der Waals surface area contributed by atoms with Crippen LogP contribution in [-0.4, -0.2) is 70.1 Å². The predicted octanol–water partition coefficient (Wildman–Crippen LogP) is 4.70. The van der Waals surface area contributed by atoms with Crippen LogP contribution in [-0.2, 0) is 21.2 Å². The summed E-state index contributed by atoms with van der Waals surface area (Å²) in [5.74, 6) is -1.91. The zero-order chi connectivity index (χ0) is 28.6. The van der Waals surface area contributed by atoms with E-state index >= 15 is 0 Å². The quantitative estimate of drug-likeness (QED) is 0.293. The number of para-hydroxylation sites is 1. The summed E-state index contributed by atoms with van der Waals surface area (Å²) in [6, 6.07) is 15.2. The third kappa shape index (κ3) is 5.56. The summed E-state index contributed by atoms with van der Waals surface area (Å²) < 4.78 is 62.3. The maximum atomic E-state index is 14.4. The molecule has 41 heavy (non-hydrogen) atoms. The molecule has 0 radical (unpaired) electrons. The van der Waals surface area contributed by atoms with Crippen LogP contribution in [0.4, 0.5) is 19.6 Å². The fourth-order valence-corrected chi connectivity index (χ4v) is 7.76. The molecule has 0 N–H and O–H groups in total. The van der Waals surface area contributed by atoms with Crippen molar-refractivity contribution in [1.82, 2.24) is 9.88 Å². The van der Waals surface area contributed by atoms with Crippen LogP contribution < -0.4 is 9.21 Å². The summed E-state index contributed by atoms with van der Waals surface area (Å²) >= 11 is 1.04. The highest BCUT2D eigenvalue weighted by molar-refractivity contribution is 7.92. The first kappa shape index (κ1) is 27.7. The van der Waals surface area contributed by atoms with Crippen molar-refractivity contribution in [3.8, 4) is 0 Å². The number of fused-ring (bicyclic) bond motifs is 2. The number of hydrogen-bond donors (Lipinski definition) is 0. The molecule has 0 spiro atoms. The molecule has 0 atom stereocenters. The van der Waals surface area contributed by atoms with Gasteiger partial charge in [0.25, 0.3) is 15.9 Å². The van der Waals surface area contributed by atoms with E-state index in [1.165, 1.54) is 39.5 Å². The lowest BCUT2D eigenvalue weighted by Crippen LogP contribution is -2.39. The topological polar surface area (TPSA) is 83.1 Å². The van der Waals surface area contributed by atoms with Crippen molar-refractivity contribution in [2.24, 2.45) is 0 Å². The number of sulfonamides is 1. The van der Waals surface area contributed by atoms with E-state index in [1.54, 1.807) is 6.07 Å². The summed E-state index contributed by atoms with van der Waals surface area (Å²) in [6.45, 7) is 4.30. The molecule has 1 amide bonds. The van der Waals surface area contributed by atoms with Crippen molar-refractivity contribution < 1.29 is 26.7 Å². The Labute approximate surface area is 240 Å². The molecule has 6 rings (SSSR count). The van der Waals surface area contributed by atoms with Crippen molar-refractivity contribution in [3.05, 3.63) is 83.4 Å². The number of benzene rings is 3. The molecule has 12 heteroatoms. The molecule has 8 nitrogen and oxygen atoms in total. The van der Waals surface area contributed by atoms with Gasteiger partial charge in [0.05, 0.1) is 28.5 Å². The fraction of sp³-hybridized carbons (Fsp3) is 0.310. The Balaban J connectivity index is 1.26. The van der Waals surface area contributed by atoms with Crippen LogP contribution in [0, 0.1) is 11.6 Å². The van der Waals surface area contributed by atoms with Gasteiger partial charge in [-0.05, 0) is 54.8 Å². The first-order valence-electron chi connectivity index (χ1n) is 13.4. The van der Waals surface area contributed by atoms with Gasteiger partial charge in [0, 0.05) is 44.4 Å². The molecule has 2 aliphatic rings. The molecule has 1 aromatic heterocycles. The van der Waals surface area contributed by atoms with Gasteiger partial charge in [-0.3, -0.25) is 18.9 Å². The maximum Gasteiger partial charge on any atom is 0.264 e. The highest BCUT2D eigenvalue weighted by atomic mass is 32.2. The van der Waals surface area contributed by atoms with E-state index in [2.05, 4.69) is 9.88 Å². The van der Waals surface area contributed by atoms with Crippen LogP contribution in [0.15, 0.2) is 65.6 Å². The summed E-state index contributed by atoms with van der Waals surface area (Å²) in [5, 5.41) is 0.252. The number of hydrogen-bond acceptors (Lipinski definition) is 7. The third-order valence-corrected chi connectivity index (χ3v) is 10.2. The molecular weight excluding hydrogens is 570 g/mol. The molecular formula is C29H28F2N4O4S2. The lowest BCUT2D eigenvalue weighted by molar-refractivity contribution is 0.0376. The fourth-order valence-electron chi connectivity index (χ4n) is 5.23. The monoisotopic (exact) mass is 598 g/mol. The van der Waals surface area contributed by atoms with E-state index in [1.807, 2.05) is 18.2 Å². The van der Waals surface area contributed by atoms with Crippen molar-refractivity contribution in [1.29, 1.82) is 0 Å². The standard InChI is InChI=1S/C29H28F2N4O4S2/c30-22-18-24(31)27-26(19-22)40-29(32-27)34(12-3-11-33-14-16-39-17-15-33)28(36)21-6-8-23(9-7-21)41(37,38)35-13-10-20-4-1-2-5-25(20)35/h1-2,4-9,18-19H,3,10-17H2. The van der Waals surface area contributed by atoms with Gasteiger partial charge < -0.3 is 4.74 Å². The number of morpholine rings is 1. The van der Waals surface area contributed by atoms with E-state index in [0.29, 0.717) is 49.5 Å². The Hall–Kier alpha value is -3.45. The van der Waals surface area contributed by atoms with Crippen LogP contribution in [0.25, 0.3) is 10.2 Å². The van der Waals surface area contributed by atoms with Gasteiger partial charge in [0.2, 0.25) is 0 Å². The second-order valence-electron chi connectivity index (χ2n) is 9.98. The average molecular weight is 599 g/mol. The number of aromatic nitrogens is 1. The average Bonchev–Trinajstić information content (AvgIpc) is 3.61.